The topological polar surface area (TPSA) is 61.7 Å². The van der Waals surface area contributed by atoms with Gasteiger partial charge in [0.1, 0.15) is 11.2 Å². The van der Waals surface area contributed by atoms with E-state index in [2.05, 4.69) is 0 Å². The minimum atomic E-state index is -0.704. The molecule has 7 aromatic carbocycles. The molecule has 0 aliphatic heterocycles. The molecule has 51 heavy (non-hydrogen) atoms. The largest absolute Gasteiger partial charge is 0.456 e. The standard InChI is InChI=1S/C45H27N5O/c1-2-13-28(14-3-1)29-25-26-40-35(27-29)42-34(19-12-24-41(42)51-40)43-46-44(49-36-20-8-4-15-30(36)31-16-5-9-21-37(31)49)48-45(47-43)50-38-22-10-6-17-32(38)33-18-7-11-23-39(33)50/h1-27H/i4D,5D,6D,7D,8D,9D,10D,11D,15D,16D,17D,18D,20D,21D,22D,23D. The predicted molar refractivity (Wildman–Crippen MR) is 207 cm³/mol. The molecule has 6 heteroatoms. The molecule has 238 valence electrons. The van der Waals surface area contributed by atoms with Crippen LogP contribution in [0.2, 0.25) is 0 Å². The molecule has 0 unspecified atom stereocenters. The van der Waals surface area contributed by atoms with Gasteiger partial charge in [0.15, 0.2) is 5.82 Å². The van der Waals surface area contributed by atoms with Crippen LogP contribution < -0.4 is 0 Å². The molecular weight excluding hydrogens is 627 g/mol. The summed E-state index contributed by atoms with van der Waals surface area (Å²) in [6.07, 6.45) is 0. The molecule has 0 N–H and O–H groups in total. The van der Waals surface area contributed by atoms with Crippen molar-refractivity contribution in [3.8, 4) is 34.4 Å². The van der Waals surface area contributed by atoms with Crippen molar-refractivity contribution in [1.29, 1.82) is 0 Å². The van der Waals surface area contributed by atoms with Gasteiger partial charge in [-0.05, 0) is 53.5 Å². The Morgan fingerprint density at radius 1 is 0.451 bits per heavy atom. The molecule has 6 nitrogen and oxygen atoms in total. The van der Waals surface area contributed by atoms with Crippen molar-refractivity contribution >= 4 is 65.6 Å². The first kappa shape index (κ1) is 16.6. The zero-order valence-corrected chi connectivity index (χ0v) is 26.0. The van der Waals surface area contributed by atoms with Gasteiger partial charge >= 0.3 is 0 Å². The molecule has 0 atom stereocenters. The summed E-state index contributed by atoms with van der Waals surface area (Å²) in [5, 5.41) is 0.0352. The first-order valence-corrected chi connectivity index (χ1v) is 15.7. The lowest BCUT2D eigenvalue weighted by Gasteiger charge is -2.13. The number of para-hydroxylation sites is 4. The highest BCUT2D eigenvalue weighted by molar-refractivity contribution is 6.13. The lowest BCUT2D eigenvalue weighted by atomic mass is 10.0. The maximum absolute atomic E-state index is 9.20. The molecule has 11 aromatic rings. The summed E-state index contributed by atoms with van der Waals surface area (Å²) in [4.78, 5) is 14.6. The Kier molecular flexibility index (Phi) is 3.48. The van der Waals surface area contributed by atoms with Gasteiger partial charge in [0.2, 0.25) is 11.9 Å². The number of fused-ring (bicyclic) bond motifs is 9. The van der Waals surface area contributed by atoms with Crippen molar-refractivity contribution in [2.75, 3.05) is 0 Å². The molecule has 11 rings (SSSR count). The highest BCUT2D eigenvalue weighted by Crippen LogP contribution is 2.39. The molecule has 0 saturated heterocycles. The quantitative estimate of drug-likeness (QED) is 0.187. The maximum atomic E-state index is 9.20. The van der Waals surface area contributed by atoms with Crippen LogP contribution in [0.3, 0.4) is 0 Å². The van der Waals surface area contributed by atoms with E-state index in [-0.39, 0.29) is 49.4 Å². The van der Waals surface area contributed by atoms with E-state index in [0.29, 0.717) is 27.5 Å². The summed E-state index contributed by atoms with van der Waals surface area (Å²) in [6.45, 7) is 0. The molecule has 0 saturated carbocycles. The maximum Gasteiger partial charge on any atom is 0.240 e. The number of hydrogen-bond donors (Lipinski definition) is 0. The van der Waals surface area contributed by atoms with Gasteiger partial charge in [0.25, 0.3) is 0 Å². The van der Waals surface area contributed by atoms with E-state index in [1.54, 1.807) is 18.2 Å². The van der Waals surface area contributed by atoms with Crippen LogP contribution in [-0.2, 0) is 0 Å². The number of nitrogens with zero attached hydrogens (tertiary/aromatic N) is 5. The van der Waals surface area contributed by atoms with E-state index < -0.39 is 109 Å². The van der Waals surface area contributed by atoms with Crippen LogP contribution >= 0.6 is 0 Å². The second-order valence-corrected chi connectivity index (χ2v) is 11.7. The molecular formula is C45H27N5O. The first-order chi connectivity index (χ1) is 31.9. The lowest BCUT2D eigenvalue weighted by molar-refractivity contribution is 0.669. The molecule has 0 spiro atoms. The van der Waals surface area contributed by atoms with Crippen molar-refractivity contribution in [3.05, 3.63) is 163 Å². The second kappa shape index (κ2) is 10.7. The molecule has 0 aliphatic carbocycles. The molecule has 0 amide bonds. The zero-order valence-electron chi connectivity index (χ0n) is 42.0. The molecule has 0 aliphatic rings. The van der Waals surface area contributed by atoms with Crippen molar-refractivity contribution in [3.63, 3.8) is 0 Å². The summed E-state index contributed by atoms with van der Waals surface area (Å²) in [7, 11) is 0. The fourth-order valence-electron chi connectivity index (χ4n) is 6.74. The lowest BCUT2D eigenvalue weighted by Crippen LogP contribution is -2.10. The fraction of sp³-hybridized carbons (Fsp3) is 0. The Hall–Kier alpha value is -7.05. The van der Waals surface area contributed by atoms with E-state index in [4.69, 9.17) is 35.8 Å². The smallest absolute Gasteiger partial charge is 0.240 e. The van der Waals surface area contributed by atoms with Crippen molar-refractivity contribution in [2.24, 2.45) is 0 Å². The van der Waals surface area contributed by atoms with Crippen LogP contribution in [-0.4, -0.2) is 24.1 Å². The Morgan fingerprint density at radius 3 is 1.53 bits per heavy atom. The Bertz CT molecular complexity index is 3740. The average molecular weight is 670 g/mol. The average Bonchev–Trinajstić information content (AvgIpc) is 4.02. The van der Waals surface area contributed by atoms with Crippen LogP contribution in [0, 0.1) is 0 Å². The SMILES string of the molecule is [2H]c1c([2H])c([2H])c2c(c1[2H])c1c([2H])c([2H])c([2H])c([2H])c1n2-c1nc(-c2cccc3oc4ccc(-c5ccccc5)cc4c23)nc(-n2c3c([2H])c([2H])c([2H])c([2H])c3c3c([2H])c([2H])c([2H])c([2H])c32)n1. The third kappa shape index (κ3) is 4.14. The third-order valence-electron chi connectivity index (χ3n) is 8.92. The van der Waals surface area contributed by atoms with Crippen molar-refractivity contribution in [1.82, 2.24) is 24.1 Å². The Labute approximate surface area is 314 Å². The van der Waals surface area contributed by atoms with E-state index in [9.17, 15) is 5.48 Å². The normalized spacial score (nSPS) is 16.3. The number of benzene rings is 7. The van der Waals surface area contributed by atoms with E-state index >= 15 is 0 Å². The van der Waals surface area contributed by atoms with Crippen molar-refractivity contribution < 1.29 is 26.3 Å². The van der Waals surface area contributed by atoms with Crippen molar-refractivity contribution in [2.45, 2.75) is 0 Å². The first-order valence-electron chi connectivity index (χ1n) is 23.7. The van der Waals surface area contributed by atoms with Crippen LogP contribution in [0.15, 0.2) is 168 Å². The van der Waals surface area contributed by atoms with Gasteiger partial charge in [-0.3, -0.25) is 9.13 Å². The number of hydrogen-bond acceptors (Lipinski definition) is 4. The van der Waals surface area contributed by atoms with Gasteiger partial charge in [0, 0.05) is 37.9 Å². The summed E-state index contributed by atoms with van der Waals surface area (Å²) in [5.74, 6) is -1.14. The predicted octanol–water partition coefficient (Wildman–Crippen LogP) is 11.3. The van der Waals surface area contributed by atoms with Crippen LogP contribution in [0.5, 0.6) is 0 Å². The summed E-state index contributed by atoms with van der Waals surface area (Å²) >= 11 is 0. The highest BCUT2D eigenvalue weighted by Gasteiger charge is 2.22. The van der Waals surface area contributed by atoms with Crippen LogP contribution in [0.25, 0.3) is 100.0 Å². The van der Waals surface area contributed by atoms with Gasteiger partial charge < -0.3 is 4.42 Å². The monoisotopic (exact) mass is 669 g/mol. The van der Waals surface area contributed by atoms with E-state index in [1.807, 2.05) is 48.5 Å². The van der Waals surface area contributed by atoms with E-state index in [1.165, 1.54) is 0 Å². The van der Waals surface area contributed by atoms with Gasteiger partial charge in [-0.2, -0.15) is 15.0 Å². The summed E-state index contributed by atoms with van der Waals surface area (Å²) in [5.41, 5.74) is 1.58. The minimum Gasteiger partial charge on any atom is -0.456 e. The molecule has 4 aromatic heterocycles. The van der Waals surface area contributed by atoms with Gasteiger partial charge in [-0.15, -0.1) is 0 Å². The number of rotatable bonds is 4. The minimum absolute atomic E-state index is 0.174. The van der Waals surface area contributed by atoms with E-state index in [0.717, 1.165) is 20.3 Å². The summed E-state index contributed by atoms with van der Waals surface area (Å²) in [6, 6.07) is 9.70. The van der Waals surface area contributed by atoms with Gasteiger partial charge in [0.05, 0.1) is 44.0 Å². The molecule has 4 heterocycles. The van der Waals surface area contributed by atoms with Gasteiger partial charge in [-0.25, -0.2) is 0 Å². The fourth-order valence-corrected chi connectivity index (χ4v) is 6.74. The highest BCUT2D eigenvalue weighted by atomic mass is 16.3. The van der Waals surface area contributed by atoms with Crippen LogP contribution in [0.1, 0.15) is 21.9 Å². The Balaban J connectivity index is 1.37. The Morgan fingerprint density at radius 2 is 0.980 bits per heavy atom. The number of furan rings is 1. The third-order valence-corrected chi connectivity index (χ3v) is 8.92. The second-order valence-electron chi connectivity index (χ2n) is 11.7. The van der Waals surface area contributed by atoms with Gasteiger partial charge in [-0.1, -0.05) is 121 Å². The molecule has 0 bridgehead atoms. The molecule has 0 radical (unpaired) electrons. The summed E-state index contributed by atoms with van der Waals surface area (Å²) < 4.78 is 150. The number of aromatic nitrogens is 5. The van der Waals surface area contributed by atoms with Crippen LogP contribution in [0.4, 0.5) is 0 Å². The molecule has 0 fully saturated rings. The zero-order chi connectivity index (χ0) is 47.4.